The lowest BCUT2D eigenvalue weighted by Gasteiger charge is -2.02. The normalized spacial score (nSPS) is 11.0. The molecule has 0 radical (unpaired) electrons. The van der Waals surface area contributed by atoms with E-state index in [2.05, 4.69) is 28.6 Å². The highest BCUT2D eigenvalue weighted by Crippen LogP contribution is 2.14. The fourth-order valence-electron chi connectivity index (χ4n) is 1.52. The van der Waals surface area contributed by atoms with Crippen LogP contribution in [0.15, 0.2) is 18.2 Å². The Morgan fingerprint density at radius 1 is 1.43 bits per heavy atom. The van der Waals surface area contributed by atoms with E-state index in [9.17, 15) is 0 Å². The minimum atomic E-state index is 0.854. The molecule has 0 aliphatic rings. The summed E-state index contributed by atoms with van der Waals surface area (Å²) >= 11 is 0. The van der Waals surface area contributed by atoms with Crippen LogP contribution in [0.1, 0.15) is 12.5 Å². The summed E-state index contributed by atoms with van der Waals surface area (Å²) in [5, 5.41) is 11.4. The molecule has 0 saturated carbocycles. The molecule has 0 fully saturated rings. The van der Waals surface area contributed by atoms with Crippen LogP contribution in [0.2, 0.25) is 0 Å². The Morgan fingerprint density at radius 2 is 2.29 bits per heavy atom. The highest BCUT2D eigenvalue weighted by atomic mass is 15.4. The van der Waals surface area contributed by atoms with Gasteiger partial charge in [0, 0.05) is 13.6 Å². The molecule has 0 spiro atoms. The first-order valence-electron chi connectivity index (χ1n) is 4.81. The first-order chi connectivity index (χ1) is 6.83. The van der Waals surface area contributed by atoms with Crippen molar-refractivity contribution in [3.05, 3.63) is 23.8 Å². The molecule has 4 heteroatoms. The van der Waals surface area contributed by atoms with Gasteiger partial charge in [-0.25, -0.2) is 4.68 Å². The van der Waals surface area contributed by atoms with Gasteiger partial charge in [0.15, 0.2) is 0 Å². The largest absolute Gasteiger partial charge is 0.313 e. The minimum absolute atomic E-state index is 0.854. The fourth-order valence-corrected chi connectivity index (χ4v) is 1.52. The van der Waals surface area contributed by atoms with Crippen LogP contribution >= 0.6 is 0 Å². The number of fused-ring (bicyclic) bond motifs is 1. The van der Waals surface area contributed by atoms with Gasteiger partial charge in [-0.2, -0.15) is 0 Å². The summed E-state index contributed by atoms with van der Waals surface area (Å²) in [6, 6.07) is 6.16. The monoisotopic (exact) mass is 190 g/mol. The summed E-state index contributed by atoms with van der Waals surface area (Å²) in [7, 11) is 1.91. The van der Waals surface area contributed by atoms with E-state index in [4.69, 9.17) is 0 Å². The van der Waals surface area contributed by atoms with E-state index < -0.39 is 0 Å². The van der Waals surface area contributed by atoms with Crippen molar-refractivity contribution in [2.45, 2.75) is 13.5 Å². The van der Waals surface area contributed by atoms with Crippen molar-refractivity contribution >= 4 is 11.0 Å². The molecule has 1 N–H and O–H groups in total. The molecule has 0 bridgehead atoms. The first-order valence-corrected chi connectivity index (χ1v) is 4.81. The Hall–Kier alpha value is -1.42. The molecule has 14 heavy (non-hydrogen) atoms. The van der Waals surface area contributed by atoms with Crippen molar-refractivity contribution in [1.29, 1.82) is 0 Å². The molecule has 0 atom stereocenters. The Labute approximate surface area is 82.9 Å². The van der Waals surface area contributed by atoms with E-state index in [0.717, 1.165) is 24.1 Å². The van der Waals surface area contributed by atoms with Crippen molar-refractivity contribution in [2.24, 2.45) is 7.05 Å². The van der Waals surface area contributed by atoms with E-state index >= 15 is 0 Å². The number of nitrogens with zero attached hydrogens (tertiary/aromatic N) is 3. The third-order valence-electron chi connectivity index (χ3n) is 2.29. The van der Waals surface area contributed by atoms with E-state index in [0.29, 0.717) is 0 Å². The molecule has 0 saturated heterocycles. The third kappa shape index (κ3) is 1.48. The smallest absolute Gasteiger partial charge is 0.117 e. The number of hydrogen-bond donors (Lipinski definition) is 1. The number of aromatic nitrogens is 3. The molecule has 1 heterocycles. The van der Waals surface area contributed by atoms with Crippen LogP contribution in [0, 0.1) is 0 Å². The van der Waals surface area contributed by atoms with Gasteiger partial charge in [-0.05, 0) is 18.2 Å². The van der Waals surface area contributed by atoms with Gasteiger partial charge >= 0.3 is 0 Å². The molecular formula is C10H14N4. The van der Waals surface area contributed by atoms with Gasteiger partial charge < -0.3 is 5.32 Å². The van der Waals surface area contributed by atoms with Crippen molar-refractivity contribution in [2.75, 3.05) is 6.54 Å². The van der Waals surface area contributed by atoms with Crippen LogP contribution in [0.3, 0.4) is 0 Å². The quantitative estimate of drug-likeness (QED) is 0.787. The Kier molecular flexibility index (Phi) is 2.45. The van der Waals surface area contributed by atoms with Crippen LogP contribution in [-0.4, -0.2) is 21.5 Å². The highest BCUT2D eigenvalue weighted by Gasteiger charge is 2.05. The summed E-state index contributed by atoms with van der Waals surface area (Å²) in [6.45, 7) is 3.92. The van der Waals surface area contributed by atoms with Gasteiger partial charge in [0.25, 0.3) is 0 Å². The predicted octanol–water partition coefficient (Wildman–Crippen LogP) is 1.08. The molecule has 0 aliphatic carbocycles. The average molecular weight is 190 g/mol. The van der Waals surface area contributed by atoms with Gasteiger partial charge in [-0.15, -0.1) is 5.10 Å². The van der Waals surface area contributed by atoms with Crippen LogP contribution in [0.4, 0.5) is 0 Å². The summed E-state index contributed by atoms with van der Waals surface area (Å²) in [5.41, 5.74) is 3.29. The topological polar surface area (TPSA) is 42.7 Å². The Bertz CT molecular complexity index is 433. The minimum Gasteiger partial charge on any atom is -0.313 e. The molecule has 0 unspecified atom stereocenters. The lowest BCUT2D eigenvalue weighted by molar-refractivity contribution is 0.726. The maximum Gasteiger partial charge on any atom is 0.117 e. The van der Waals surface area contributed by atoms with E-state index in [1.165, 1.54) is 5.56 Å². The van der Waals surface area contributed by atoms with E-state index in [1.807, 2.05) is 19.2 Å². The van der Waals surface area contributed by atoms with Crippen molar-refractivity contribution < 1.29 is 0 Å². The lowest BCUT2D eigenvalue weighted by Crippen LogP contribution is -2.11. The molecule has 4 nitrogen and oxygen atoms in total. The zero-order valence-corrected chi connectivity index (χ0v) is 8.49. The van der Waals surface area contributed by atoms with Gasteiger partial charge in [0.05, 0.1) is 5.52 Å². The van der Waals surface area contributed by atoms with Crippen LogP contribution < -0.4 is 5.32 Å². The number of nitrogens with one attached hydrogen (secondary N) is 1. The number of hydrogen-bond acceptors (Lipinski definition) is 3. The zero-order chi connectivity index (χ0) is 9.97. The Morgan fingerprint density at radius 3 is 3.07 bits per heavy atom. The standard InChI is InChI=1S/C10H14N4/c1-3-11-7-8-5-4-6-9-10(8)12-13-14(9)2/h4-6,11H,3,7H2,1-2H3. The molecule has 2 aromatic rings. The Balaban J connectivity index is 2.44. The summed E-state index contributed by atoms with van der Waals surface area (Å²) < 4.78 is 1.80. The van der Waals surface area contributed by atoms with Gasteiger partial charge in [0.2, 0.25) is 0 Å². The van der Waals surface area contributed by atoms with Crippen molar-refractivity contribution in [1.82, 2.24) is 20.3 Å². The summed E-state index contributed by atoms with van der Waals surface area (Å²) in [4.78, 5) is 0. The molecule has 2 rings (SSSR count). The molecule has 1 aromatic carbocycles. The second-order valence-corrected chi connectivity index (χ2v) is 3.28. The van der Waals surface area contributed by atoms with Crippen molar-refractivity contribution in [3.8, 4) is 0 Å². The number of rotatable bonds is 3. The summed E-state index contributed by atoms with van der Waals surface area (Å²) in [5.74, 6) is 0. The predicted molar refractivity (Wildman–Crippen MR) is 55.9 cm³/mol. The second kappa shape index (κ2) is 3.75. The lowest BCUT2D eigenvalue weighted by atomic mass is 10.2. The van der Waals surface area contributed by atoms with E-state index in [-0.39, 0.29) is 0 Å². The van der Waals surface area contributed by atoms with E-state index in [1.54, 1.807) is 4.68 Å². The average Bonchev–Trinajstić information content (AvgIpc) is 2.58. The van der Waals surface area contributed by atoms with Crippen molar-refractivity contribution in [3.63, 3.8) is 0 Å². The maximum atomic E-state index is 4.14. The second-order valence-electron chi connectivity index (χ2n) is 3.28. The molecule has 74 valence electrons. The van der Waals surface area contributed by atoms with Crippen LogP contribution in [-0.2, 0) is 13.6 Å². The number of aryl methyl sites for hydroxylation is 1. The third-order valence-corrected chi connectivity index (χ3v) is 2.29. The van der Waals surface area contributed by atoms with Crippen LogP contribution in [0.5, 0.6) is 0 Å². The molecule has 0 amide bonds. The zero-order valence-electron chi connectivity index (χ0n) is 8.49. The molecule has 0 aliphatic heterocycles. The van der Waals surface area contributed by atoms with Crippen LogP contribution in [0.25, 0.3) is 11.0 Å². The fraction of sp³-hybridized carbons (Fsp3) is 0.400. The molecular weight excluding hydrogens is 176 g/mol. The maximum absolute atomic E-state index is 4.14. The van der Waals surface area contributed by atoms with Gasteiger partial charge in [-0.3, -0.25) is 0 Å². The highest BCUT2D eigenvalue weighted by molar-refractivity contribution is 5.77. The van der Waals surface area contributed by atoms with Gasteiger partial charge in [0.1, 0.15) is 5.52 Å². The van der Waals surface area contributed by atoms with Gasteiger partial charge in [-0.1, -0.05) is 24.3 Å². The first kappa shape index (κ1) is 9.15. The SMILES string of the molecule is CCNCc1cccc2c1nnn2C. The number of benzene rings is 1. The molecule has 1 aromatic heterocycles. The summed E-state index contributed by atoms with van der Waals surface area (Å²) in [6.07, 6.45) is 0.